The van der Waals surface area contributed by atoms with Gasteiger partial charge in [0.1, 0.15) is 0 Å². The first-order chi connectivity index (χ1) is 7.85. The fourth-order valence-corrected chi connectivity index (χ4v) is 2.61. The van der Waals surface area contributed by atoms with E-state index in [1.807, 2.05) is 0 Å². The van der Waals surface area contributed by atoms with Crippen molar-refractivity contribution in [3.8, 4) is 0 Å². The van der Waals surface area contributed by atoms with Gasteiger partial charge in [0.05, 0.1) is 0 Å². The van der Waals surface area contributed by atoms with Crippen LogP contribution in [-0.4, -0.2) is 12.1 Å². The molecular formula is C16H35N. The topological polar surface area (TPSA) is 12.0 Å². The van der Waals surface area contributed by atoms with Crippen molar-refractivity contribution < 1.29 is 0 Å². The molecule has 104 valence electrons. The zero-order chi connectivity index (χ0) is 13.4. The maximum absolute atomic E-state index is 3.84. The van der Waals surface area contributed by atoms with E-state index in [1.54, 1.807) is 0 Å². The largest absolute Gasteiger partial charge is 0.311 e. The van der Waals surface area contributed by atoms with Crippen LogP contribution in [0.5, 0.6) is 0 Å². The summed E-state index contributed by atoms with van der Waals surface area (Å²) in [7, 11) is 0. The minimum Gasteiger partial charge on any atom is -0.311 e. The molecule has 0 aliphatic rings. The van der Waals surface area contributed by atoms with Crippen molar-refractivity contribution in [3.05, 3.63) is 0 Å². The Morgan fingerprint density at radius 3 is 1.59 bits per heavy atom. The maximum atomic E-state index is 3.84. The third kappa shape index (κ3) is 9.64. The molecule has 0 aromatic heterocycles. The molecule has 0 rings (SSSR count). The molecule has 0 radical (unpaired) electrons. The highest BCUT2D eigenvalue weighted by Gasteiger charge is 2.16. The van der Waals surface area contributed by atoms with Gasteiger partial charge in [0.25, 0.3) is 0 Å². The molecule has 0 saturated heterocycles. The van der Waals surface area contributed by atoms with E-state index >= 15 is 0 Å². The van der Waals surface area contributed by atoms with E-state index in [1.165, 1.54) is 25.7 Å². The Balaban J connectivity index is 4.11. The zero-order valence-electron chi connectivity index (χ0n) is 13.2. The molecule has 0 heterocycles. The smallest absolute Gasteiger partial charge is 0.00744 e. The molecule has 1 nitrogen and oxygen atoms in total. The Morgan fingerprint density at radius 2 is 1.24 bits per heavy atom. The van der Waals surface area contributed by atoms with Gasteiger partial charge in [-0.3, -0.25) is 0 Å². The van der Waals surface area contributed by atoms with E-state index in [2.05, 4.69) is 53.8 Å². The summed E-state index contributed by atoms with van der Waals surface area (Å²) in [6.07, 6.45) is 5.22. The average Bonchev–Trinajstić information content (AvgIpc) is 2.14. The van der Waals surface area contributed by atoms with Crippen molar-refractivity contribution in [3.63, 3.8) is 0 Å². The molecule has 0 aromatic carbocycles. The van der Waals surface area contributed by atoms with Crippen LogP contribution in [0.4, 0.5) is 0 Å². The summed E-state index contributed by atoms with van der Waals surface area (Å²) < 4.78 is 0. The second-order valence-corrected chi connectivity index (χ2v) is 6.77. The molecule has 0 aliphatic heterocycles. The van der Waals surface area contributed by atoms with Gasteiger partial charge in [-0.25, -0.2) is 0 Å². The summed E-state index contributed by atoms with van der Waals surface area (Å²) in [4.78, 5) is 0. The van der Waals surface area contributed by atoms with E-state index in [0.29, 0.717) is 12.1 Å². The Morgan fingerprint density at radius 1 is 0.765 bits per heavy atom. The summed E-state index contributed by atoms with van der Waals surface area (Å²) >= 11 is 0. The van der Waals surface area contributed by atoms with Gasteiger partial charge in [-0.05, 0) is 43.9 Å². The third-order valence-electron chi connectivity index (χ3n) is 3.48. The second-order valence-electron chi connectivity index (χ2n) is 6.77. The van der Waals surface area contributed by atoms with E-state index in [4.69, 9.17) is 0 Å². The normalized spacial score (nSPS) is 15.9. The van der Waals surface area contributed by atoms with Crippen LogP contribution in [0.2, 0.25) is 0 Å². The Bertz CT molecular complexity index is 164. The number of rotatable bonds is 9. The van der Waals surface area contributed by atoms with Gasteiger partial charge >= 0.3 is 0 Å². The molecule has 1 heteroatoms. The third-order valence-corrected chi connectivity index (χ3v) is 3.48. The number of hydrogen-bond donors (Lipinski definition) is 1. The van der Waals surface area contributed by atoms with E-state index < -0.39 is 0 Å². The van der Waals surface area contributed by atoms with Gasteiger partial charge in [0.15, 0.2) is 0 Å². The summed E-state index contributed by atoms with van der Waals surface area (Å²) in [5, 5.41) is 3.84. The highest BCUT2D eigenvalue weighted by atomic mass is 14.9. The molecule has 0 saturated carbocycles. The lowest BCUT2D eigenvalue weighted by molar-refractivity contribution is 0.307. The van der Waals surface area contributed by atoms with Gasteiger partial charge < -0.3 is 5.32 Å². The van der Waals surface area contributed by atoms with Crippen molar-refractivity contribution in [1.82, 2.24) is 5.32 Å². The standard InChI is InChI=1S/C16H35N/c1-8-14(6)11-15(7)17-16(9-12(2)3)10-13(4)5/h12-17H,8-11H2,1-7H3. The van der Waals surface area contributed by atoms with E-state index in [9.17, 15) is 0 Å². The lowest BCUT2D eigenvalue weighted by Gasteiger charge is -2.27. The minimum atomic E-state index is 0.660. The van der Waals surface area contributed by atoms with Crippen molar-refractivity contribution >= 4 is 0 Å². The second kappa shape index (κ2) is 8.97. The number of nitrogens with one attached hydrogen (secondary N) is 1. The van der Waals surface area contributed by atoms with Gasteiger partial charge in [0, 0.05) is 12.1 Å². The van der Waals surface area contributed by atoms with Crippen LogP contribution < -0.4 is 5.32 Å². The van der Waals surface area contributed by atoms with Gasteiger partial charge in [0.2, 0.25) is 0 Å². The molecule has 0 bridgehead atoms. The average molecular weight is 241 g/mol. The Kier molecular flexibility index (Phi) is 8.94. The summed E-state index contributed by atoms with van der Waals surface area (Å²) in [6.45, 7) is 16.3. The summed E-state index contributed by atoms with van der Waals surface area (Å²) in [5.74, 6) is 2.43. The zero-order valence-corrected chi connectivity index (χ0v) is 13.2. The summed E-state index contributed by atoms with van der Waals surface area (Å²) in [6, 6.07) is 1.36. The number of hydrogen-bond acceptors (Lipinski definition) is 1. The lowest BCUT2D eigenvalue weighted by atomic mass is 9.93. The summed E-state index contributed by atoms with van der Waals surface area (Å²) in [5.41, 5.74) is 0. The maximum Gasteiger partial charge on any atom is 0.00744 e. The van der Waals surface area contributed by atoms with Crippen LogP contribution in [0.25, 0.3) is 0 Å². The minimum absolute atomic E-state index is 0.660. The first-order valence-electron chi connectivity index (χ1n) is 7.61. The van der Waals surface area contributed by atoms with Gasteiger partial charge in [-0.1, -0.05) is 48.0 Å². The Labute approximate surface area is 110 Å². The lowest BCUT2D eigenvalue weighted by Crippen LogP contribution is -2.39. The highest BCUT2D eigenvalue weighted by Crippen LogP contribution is 2.16. The molecule has 2 unspecified atom stereocenters. The molecule has 1 N–H and O–H groups in total. The van der Waals surface area contributed by atoms with Crippen molar-refractivity contribution in [2.45, 2.75) is 86.2 Å². The fraction of sp³-hybridized carbons (Fsp3) is 1.00. The van der Waals surface area contributed by atoms with Crippen LogP contribution in [0.3, 0.4) is 0 Å². The fourth-order valence-electron chi connectivity index (χ4n) is 2.61. The van der Waals surface area contributed by atoms with Crippen LogP contribution in [-0.2, 0) is 0 Å². The van der Waals surface area contributed by atoms with Gasteiger partial charge in [-0.2, -0.15) is 0 Å². The molecule has 17 heavy (non-hydrogen) atoms. The predicted octanol–water partition coefficient (Wildman–Crippen LogP) is 4.86. The molecule has 0 aliphatic carbocycles. The highest BCUT2D eigenvalue weighted by molar-refractivity contribution is 4.75. The molecule has 0 fully saturated rings. The molecule has 0 aromatic rings. The molecular weight excluding hydrogens is 206 g/mol. The van der Waals surface area contributed by atoms with E-state index in [-0.39, 0.29) is 0 Å². The molecule has 0 spiro atoms. The quantitative estimate of drug-likeness (QED) is 0.608. The van der Waals surface area contributed by atoms with Gasteiger partial charge in [-0.15, -0.1) is 0 Å². The van der Waals surface area contributed by atoms with Crippen molar-refractivity contribution in [2.75, 3.05) is 0 Å². The van der Waals surface area contributed by atoms with Crippen LogP contribution in [0.1, 0.15) is 74.1 Å². The molecule has 2 atom stereocenters. The predicted molar refractivity (Wildman–Crippen MR) is 79.4 cm³/mol. The van der Waals surface area contributed by atoms with Crippen LogP contribution >= 0.6 is 0 Å². The van der Waals surface area contributed by atoms with Crippen molar-refractivity contribution in [2.24, 2.45) is 17.8 Å². The molecule has 0 amide bonds. The van der Waals surface area contributed by atoms with Crippen LogP contribution in [0.15, 0.2) is 0 Å². The monoisotopic (exact) mass is 241 g/mol. The first kappa shape index (κ1) is 17.0. The van der Waals surface area contributed by atoms with E-state index in [0.717, 1.165) is 17.8 Å². The SMILES string of the molecule is CCC(C)CC(C)NC(CC(C)C)CC(C)C. The van der Waals surface area contributed by atoms with Crippen LogP contribution in [0, 0.1) is 17.8 Å². The van der Waals surface area contributed by atoms with Crippen molar-refractivity contribution in [1.29, 1.82) is 0 Å². The Hall–Kier alpha value is -0.0400. The first-order valence-corrected chi connectivity index (χ1v) is 7.61.